The van der Waals surface area contributed by atoms with Crippen LogP contribution in [0.3, 0.4) is 0 Å². The average molecular weight is 225 g/mol. The van der Waals surface area contributed by atoms with E-state index in [-0.39, 0.29) is 6.09 Å². The molecule has 0 radical (unpaired) electrons. The molecule has 1 amide bonds. The molecule has 90 valence electrons. The van der Waals surface area contributed by atoms with Gasteiger partial charge in [-0.05, 0) is 20.8 Å². The Balaban J connectivity index is 2.59. The van der Waals surface area contributed by atoms with Crippen LogP contribution >= 0.6 is 0 Å². The Labute approximate surface area is 96.0 Å². The molecule has 2 N–H and O–H groups in total. The summed E-state index contributed by atoms with van der Waals surface area (Å²) in [6.07, 6.45) is 1.34. The van der Waals surface area contributed by atoms with Crippen LogP contribution in [0.2, 0.25) is 0 Å². The van der Waals surface area contributed by atoms with Crippen molar-refractivity contribution in [1.29, 1.82) is 0 Å². The van der Waals surface area contributed by atoms with E-state index in [1.54, 1.807) is 18.2 Å². The van der Waals surface area contributed by atoms with Crippen molar-refractivity contribution < 1.29 is 9.53 Å². The second kappa shape index (κ2) is 4.55. The molecular formula is C11H19N3O2. The van der Waals surface area contributed by atoms with Crippen molar-refractivity contribution in [3.63, 3.8) is 0 Å². The molecule has 0 saturated carbocycles. The average Bonchev–Trinajstić information content (AvgIpc) is 2.46. The number of nitrogens with zero attached hydrogens (tertiary/aromatic N) is 2. The summed E-state index contributed by atoms with van der Waals surface area (Å²) in [6.45, 7) is 6.40. The molecule has 16 heavy (non-hydrogen) atoms. The van der Waals surface area contributed by atoms with Crippen LogP contribution in [0, 0.1) is 0 Å². The van der Waals surface area contributed by atoms with E-state index in [1.165, 1.54) is 0 Å². The van der Waals surface area contributed by atoms with Crippen molar-refractivity contribution in [3.8, 4) is 0 Å². The highest BCUT2D eigenvalue weighted by Crippen LogP contribution is 2.16. The van der Waals surface area contributed by atoms with Gasteiger partial charge >= 0.3 is 6.09 Å². The summed E-state index contributed by atoms with van der Waals surface area (Å²) in [5.74, 6) is 0. The maximum atomic E-state index is 11.7. The third kappa shape index (κ3) is 3.25. The fourth-order valence-electron chi connectivity index (χ4n) is 1.41. The predicted molar refractivity (Wildman–Crippen MR) is 63.4 cm³/mol. The van der Waals surface area contributed by atoms with Gasteiger partial charge in [0.1, 0.15) is 5.60 Å². The minimum atomic E-state index is -0.479. The molecule has 0 aliphatic carbocycles. The molecule has 0 bridgehead atoms. The lowest BCUT2D eigenvalue weighted by Gasteiger charge is -2.24. The lowest BCUT2D eigenvalue weighted by Crippen LogP contribution is -2.36. The van der Waals surface area contributed by atoms with E-state index in [9.17, 15) is 4.79 Å². The molecule has 5 heteroatoms. The molecule has 0 aromatic heterocycles. The Bertz CT molecular complexity index is 340. The van der Waals surface area contributed by atoms with E-state index in [1.807, 2.05) is 20.8 Å². The van der Waals surface area contributed by atoms with Gasteiger partial charge in [0.2, 0.25) is 0 Å². The number of nitrogens with two attached hydrogens (primary N) is 1. The van der Waals surface area contributed by atoms with Crippen molar-refractivity contribution in [2.45, 2.75) is 26.4 Å². The molecule has 1 aliphatic heterocycles. The Morgan fingerprint density at radius 3 is 2.62 bits per heavy atom. The predicted octanol–water partition coefficient (Wildman–Crippen LogP) is 1.15. The zero-order chi connectivity index (χ0) is 12.3. The van der Waals surface area contributed by atoms with E-state index in [0.717, 1.165) is 5.57 Å². The summed E-state index contributed by atoms with van der Waals surface area (Å²) in [5, 5.41) is 0. The van der Waals surface area contributed by atoms with Gasteiger partial charge in [0.25, 0.3) is 0 Å². The highest BCUT2D eigenvalue weighted by Gasteiger charge is 2.27. The van der Waals surface area contributed by atoms with E-state index in [4.69, 9.17) is 10.5 Å². The highest BCUT2D eigenvalue weighted by molar-refractivity contribution is 5.83. The van der Waals surface area contributed by atoms with Crippen LogP contribution in [-0.2, 0) is 4.74 Å². The SMILES string of the molecule is CN=CC1=C(N)CN(C(=O)OC(C)(C)C)C1. The molecule has 0 aromatic rings. The zero-order valence-electron chi connectivity index (χ0n) is 10.3. The van der Waals surface area contributed by atoms with Gasteiger partial charge in [-0.25, -0.2) is 4.79 Å². The second-order valence-electron chi connectivity index (χ2n) is 4.77. The standard InChI is InChI=1S/C11H19N3O2/c1-11(2,3)16-10(15)14-6-8(5-13-4)9(12)7-14/h5H,6-7,12H2,1-4H3. The number of aliphatic imine (C=N–C) groups is 1. The summed E-state index contributed by atoms with van der Waals surface area (Å²) in [6, 6.07) is 0. The van der Waals surface area contributed by atoms with E-state index in [2.05, 4.69) is 4.99 Å². The third-order valence-electron chi connectivity index (χ3n) is 2.07. The molecule has 5 nitrogen and oxygen atoms in total. The number of carbonyl (C=O) groups is 1. The maximum absolute atomic E-state index is 11.7. The molecule has 1 rings (SSSR count). The molecule has 0 spiro atoms. The first-order valence-electron chi connectivity index (χ1n) is 5.21. The lowest BCUT2D eigenvalue weighted by molar-refractivity contribution is 0.0300. The van der Waals surface area contributed by atoms with Crippen LogP contribution in [0.15, 0.2) is 16.3 Å². The summed E-state index contributed by atoms with van der Waals surface area (Å²) in [4.78, 5) is 17.2. The first kappa shape index (κ1) is 12.5. The van der Waals surface area contributed by atoms with Gasteiger partial charge in [-0.1, -0.05) is 0 Å². The maximum Gasteiger partial charge on any atom is 0.410 e. The van der Waals surface area contributed by atoms with E-state index in [0.29, 0.717) is 18.8 Å². The fourth-order valence-corrected chi connectivity index (χ4v) is 1.41. The van der Waals surface area contributed by atoms with Gasteiger partial charge in [-0.2, -0.15) is 0 Å². The van der Waals surface area contributed by atoms with Crippen LogP contribution < -0.4 is 5.73 Å². The van der Waals surface area contributed by atoms with E-state index >= 15 is 0 Å². The van der Waals surface area contributed by atoms with E-state index < -0.39 is 5.60 Å². The minimum Gasteiger partial charge on any atom is -0.444 e. The van der Waals surface area contributed by atoms with Gasteiger partial charge in [-0.15, -0.1) is 0 Å². The van der Waals surface area contributed by atoms with Crippen molar-refractivity contribution in [2.24, 2.45) is 10.7 Å². The molecule has 0 aromatic carbocycles. The first-order valence-corrected chi connectivity index (χ1v) is 5.21. The van der Waals surface area contributed by atoms with Crippen molar-refractivity contribution in [3.05, 3.63) is 11.3 Å². The van der Waals surface area contributed by atoms with Crippen molar-refractivity contribution in [2.75, 3.05) is 20.1 Å². The number of amides is 1. The number of rotatable bonds is 1. The lowest BCUT2D eigenvalue weighted by atomic mass is 10.2. The number of hydrogen-bond donors (Lipinski definition) is 1. The van der Waals surface area contributed by atoms with Crippen molar-refractivity contribution in [1.82, 2.24) is 4.90 Å². The number of hydrogen-bond acceptors (Lipinski definition) is 4. The topological polar surface area (TPSA) is 67.9 Å². The highest BCUT2D eigenvalue weighted by atomic mass is 16.6. The van der Waals surface area contributed by atoms with Gasteiger partial charge in [0.15, 0.2) is 0 Å². The molecule has 0 saturated heterocycles. The van der Waals surface area contributed by atoms with Crippen LogP contribution in [-0.4, -0.2) is 42.9 Å². The summed E-state index contributed by atoms with van der Waals surface area (Å²) in [5.41, 5.74) is 6.88. The van der Waals surface area contributed by atoms with Gasteiger partial charge in [0.05, 0.1) is 13.1 Å². The van der Waals surface area contributed by atoms with Gasteiger partial charge in [-0.3, -0.25) is 9.89 Å². The van der Waals surface area contributed by atoms with Crippen LogP contribution in [0.4, 0.5) is 4.79 Å². The van der Waals surface area contributed by atoms with Crippen molar-refractivity contribution >= 4 is 12.3 Å². The first-order chi connectivity index (χ1) is 7.33. The quantitative estimate of drug-likeness (QED) is 0.681. The molecule has 1 aliphatic rings. The molecule has 0 unspecified atom stereocenters. The summed E-state index contributed by atoms with van der Waals surface area (Å²) >= 11 is 0. The van der Waals surface area contributed by atoms with Crippen LogP contribution in [0.25, 0.3) is 0 Å². The Hall–Kier alpha value is -1.52. The van der Waals surface area contributed by atoms with Gasteiger partial charge in [0, 0.05) is 24.5 Å². The Morgan fingerprint density at radius 2 is 2.12 bits per heavy atom. The molecule has 0 atom stereocenters. The normalized spacial score (nSPS) is 17.4. The van der Waals surface area contributed by atoms with Crippen LogP contribution in [0.1, 0.15) is 20.8 Å². The minimum absolute atomic E-state index is 0.338. The van der Waals surface area contributed by atoms with Gasteiger partial charge < -0.3 is 10.5 Å². The molecular weight excluding hydrogens is 206 g/mol. The number of ether oxygens (including phenoxy) is 1. The third-order valence-corrected chi connectivity index (χ3v) is 2.07. The second-order valence-corrected chi connectivity index (χ2v) is 4.77. The Kier molecular flexibility index (Phi) is 3.57. The van der Waals surface area contributed by atoms with Crippen LogP contribution in [0.5, 0.6) is 0 Å². The smallest absolute Gasteiger partial charge is 0.410 e. The summed E-state index contributed by atoms with van der Waals surface area (Å²) < 4.78 is 5.26. The molecule has 0 fully saturated rings. The monoisotopic (exact) mass is 225 g/mol. The fraction of sp³-hybridized carbons (Fsp3) is 0.636. The summed E-state index contributed by atoms with van der Waals surface area (Å²) in [7, 11) is 1.68. The molecule has 1 heterocycles. The number of carbonyl (C=O) groups excluding carboxylic acids is 1. The zero-order valence-corrected chi connectivity index (χ0v) is 10.3. The largest absolute Gasteiger partial charge is 0.444 e. The Morgan fingerprint density at radius 1 is 1.50 bits per heavy atom.